The summed E-state index contributed by atoms with van der Waals surface area (Å²) in [5.74, 6) is 5.50. The summed E-state index contributed by atoms with van der Waals surface area (Å²) >= 11 is 7.67. The highest BCUT2D eigenvalue weighted by Crippen LogP contribution is 2.30. The summed E-state index contributed by atoms with van der Waals surface area (Å²) in [5, 5.41) is 2.77. The summed E-state index contributed by atoms with van der Waals surface area (Å²) in [7, 11) is 0. The average molecular weight is 249 g/mol. The van der Waals surface area contributed by atoms with Gasteiger partial charge >= 0.3 is 0 Å². The average Bonchev–Trinajstić information content (AvgIpc) is 2.65. The standard InChI is InChI=1S/C10H17ClN2OS/c1-2-14-6-3-4-9(13-12)10-8(11)5-7-15-10/h5,7,9,13H,2-4,6,12H2,1H3. The molecule has 5 heteroatoms. The van der Waals surface area contributed by atoms with Crippen LogP contribution < -0.4 is 11.3 Å². The first-order chi connectivity index (χ1) is 7.29. The number of halogens is 1. The van der Waals surface area contributed by atoms with Crippen LogP contribution in [0.1, 0.15) is 30.7 Å². The normalized spacial score (nSPS) is 13.0. The van der Waals surface area contributed by atoms with Gasteiger partial charge in [0.15, 0.2) is 0 Å². The Morgan fingerprint density at radius 2 is 2.47 bits per heavy atom. The maximum absolute atomic E-state index is 6.04. The van der Waals surface area contributed by atoms with Gasteiger partial charge in [-0.05, 0) is 31.2 Å². The van der Waals surface area contributed by atoms with Gasteiger partial charge in [-0.1, -0.05) is 11.6 Å². The van der Waals surface area contributed by atoms with Crippen molar-refractivity contribution in [2.24, 2.45) is 5.84 Å². The van der Waals surface area contributed by atoms with E-state index in [2.05, 4.69) is 5.43 Å². The van der Waals surface area contributed by atoms with Crippen molar-refractivity contribution in [3.8, 4) is 0 Å². The highest BCUT2D eigenvalue weighted by molar-refractivity contribution is 7.10. The van der Waals surface area contributed by atoms with Crippen LogP contribution in [0.4, 0.5) is 0 Å². The summed E-state index contributed by atoms with van der Waals surface area (Å²) in [5.41, 5.74) is 2.79. The fourth-order valence-corrected chi connectivity index (χ4v) is 2.66. The first-order valence-corrected chi connectivity index (χ1v) is 6.32. The molecule has 1 heterocycles. The molecule has 0 radical (unpaired) electrons. The van der Waals surface area contributed by atoms with Crippen LogP contribution in [-0.2, 0) is 4.74 Å². The van der Waals surface area contributed by atoms with E-state index in [1.54, 1.807) is 11.3 Å². The molecule has 0 spiro atoms. The largest absolute Gasteiger partial charge is 0.382 e. The van der Waals surface area contributed by atoms with E-state index in [1.807, 2.05) is 18.4 Å². The van der Waals surface area contributed by atoms with Gasteiger partial charge in [-0.15, -0.1) is 11.3 Å². The third kappa shape index (κ3) is 4.09. The second kappa shape index (κ2) is 7.19. The summed E-state index contributed by atoms with van der Waals surface area (Å²) in [4.78, 5) is 1.11. The van der Waals surface area contributed by atoms with Gasteiger partial charge < -0.3 is 4.74 Å². The molecule has 0 saturated heterocycles. The molecule has 1 aromatic rings. The number of nitrogens with two attached hydrogens (primary N) is 1. The Morgan fingerprint density at radius 1 is 1.67 bits per heavy atom. The highest BCUT2D eigenvalue weighted by Gasteiger charge is 2.13. The monoisotopic (exact) mass is 248 g/mol. The van der Waals surface area contributed by atoms with Crippen molar-refractivity contribution in [3.63, 3.8) is 0 Å². The van der Waals surface area contributed by atoms with Crippen LogP contribution in [-0.4, -0.2) is 13.2 Å². The first kappa shape index (κ1) is 12.9. The second-order valence-corrected chi connectivity index (χ2v) is 4.55. The molecule has 1 aromatic heterocycles. The van der Waals surface area contributed by atoms with E-state index in [9.17, 15) is 0 Å². The highest BCUT2D eigenvalue weighted by atomic mass is 35.5. The molecule has 3 nitrogen and oxygen atoms in total. The van der Waals surface area contributed by atoms with E-state index >= 15 is 0 Å². The van der Waals surface area contributed by atoms with Crippen LogP contribution in [0.2, 0.25) is 5.02 Å². The van der Waals surface area contributed by atoms with E-state index in [4.69, 9.17) is 22.2 Å². The molecule has 15 heavy (non-hydrogen) atoms. The number of nitrogens with one attached hydrogen (secondary N) is 1. The lowest BCUT2D eigenvalue weighted by Crippen LogP contribution is -2.27. The van der Waals surface area contributed by atoms with Crippen molar-refractivity contribution in [2.75, 3.05) is 13.2 Å². The Labute approximate surface area is 99.5 Å². The summed E-state index contributed by atoms with van der Waals surface area (Å²) in [6.45, 7) is 3.53. The number of rotatable bonds is 7. The summed E-state index contributed by atoms with van der Waals surface area (Å²) in [6, 6.07) is 2.03. The van der Waals surface area contributed by atoms with Gasteiger partial charge in [0, 0.05) is 18.1 Å². The van der Waals surface area contributed by atoms with Crippen molar-refractivity contribution in [3.05, 3.63) is 21.3 Å². The minimum atomic E-state index is 0.137. The molecule has 0 fully saturated rings. The predicted octanol–water partition coefficient (Wildman–Crippen LogP) is 2.72. The maximum Gasteiger partial charge on any atom is 0.0569 e. The van der Waals surface area contributed by atoms with E-state index in [0.29, 0.717) is 0 Å². The molecule has 1 rings (SSSR count). The molecule has 0 aliphatic rings. The van der Waals surface area contributed by atoms with Gasteiger partial charge in [0.05, 0.1) is 11.1 Å². The lowest BCUT2D eigenvalue weighted by molar-refractivity contribution is 0.141. The first-order valence-electron chi connectivity index (χ1n) is 5.06. The van der Waals surface area contributed by atoms with Crippen molar-refractivity contribution in [1.29, 1.82) is 0 Å². The van der Waals surface area contributed by atoms with Crippen molar-refractivity contribution >= 4 is 22.9 Å². The van der Waals surface area contributed by atoms with Crippen LogP contribution in [0.3, 0.4) is 0 Å². The molecule has 0 amide bonds. The second-order valence-electron chi connectivity index (χ2n) is 3.19. The minimum Gasteiger partial charge on any atom is -0.382 e. The zero-order valence-corrected chi connectivity index (χ0v) is 10.4. The SMILES string of the molecule is CCOCCCC(NN)c1sccc1Cl. The zero-order chi connectivity index (χ0) is 11.1. The van der Waals surface area contributed by atoms with Gasteiger partial charge in [-0.3, -0.25) is 11.3 Å². The third-order valence-electron chi connectivity index (χ3n) is 2.15. The van der Waals surface area contributed by atoms with Gasteiger partial charge in [-0.25, -0.2) is 0 Å². The van der Waals surface area contributed by atoms with Crippen LogP contribution >= 0.6 is 22.9 Å². The summed E-state index contributed by atoms with van der Waals surface area (Å²) < 4.78 is 5.28. The summed E-state index contributed by atoms with van der Waals surface area (Å²) in [6.07, 6.45) is 1.92. The van der Waals surface area contributed by atoms with Crippen LogP contribution in [0, 0.1) is 0 Å². The smallest absolute Gasteiger partial charge is 0.0569 e. The third-order valence-corrected chi connectivity index (χ3v) is 3.62. The van der Waals surface area contributed by atoms with Crippen molar-refractivity contribution < 1.29 is 4.74 Å². The Kier molecular flexibility index (Phi) is 6.20. The molecule has 0 aromatic carbocycles. The molecule has 0 saturated carbocycles. The fraction of sp³-hybridized carbons (Fsp3) is 0.600. The van der Waals surface area contributed by atoms with Crippen LogP contribution in [0.25, 0.3) is 0 Å². The number of thiophene rings is 1. The number of hydrogen-bond donors (Lipinski definition) is 2. The van der Waals surface area contributed by atoms with Crippen molar-refractivity contribution in [1.82, 2.24) is 5.43 Å². The Balaban J connectivity index is 2.39. The Bertz CT molecular complexity index is 280. The Morgan fingerprint density at radius 3 is 3.00 bits per heavy atom. The quantitative estimate of drug-likeness (QED) is 0.443. The fourth-order valence-electron chi connectivity index (χ4n) is 1.38. The molecule has 1 unspecified atom stereocenters. The molecule has 86 valence electrons. The van der Waals surface area contributed by atoms with E-state index in [-0.39, 0.29) is 6.04 Å². The molecule has 3 N–H and O–H groups in total. The predicted molar refractivity (Wildman–Crippen MR) is 65.1 cm³/mol. The molecule has 0 aliphatic carbocycles. The number of hydrogen-bond acceptors (Lipinski definition) is 4. The molecule has 0 bridgehead atoms. The van der Waals surface area contributed by atoms with Crippen molar-refractivity contribution in [2.45, 2.75) is 25.8 Å². The Hall–Kier alpha value is -0.130. The van der Waals surface area contributed by atoms with Gasteiger partial charge in [0.25, 0.3) is 0 Å². The van der Waals surface area contributed by atoms with Gasteiger partial charge in [0.1, 0.15) is 0 Å². The number of hydrazine groups is 1. The van der Waals surface area contributed by atoms with E-state index in [0.717, 1.165) is 36.0 Å². The van der Waals surface area contributed by atoms with Crippen LogP contribution in [0.15, 0.2) is 11.4 Å². The van der Waals surface area contributed by atoms with Gasteiger partial charge in [-0.2, -0.15) is 0 Å². The molecule has 0 aliphatic heterocycles. The molecular weight excluding hydrogens is 232 g/mol. The molecule has 1 atom stereocenters. The van der Waals surface area contributed by atoms with Crippen LogP contribution in [0.5, 0.6) is 0 Å². The van der Waals surface area contributed by atoms with E-state index in [1.165, 1.54) is 0 Å². The molecular formula is C10H17ClN2OS. The lowest BCUT2D eigenvalue weighted by atomic mass is 10.1. The zero-order valence-electron chi connectivity index (χ0n) is 8.83. The number of ether oxygens (including phenoxy) is 1. The van der Waals surface area contributed by atoms with E-state index < -0.39 is 0 Å². The lowest BCUT2D eigenvalue weighted by Gasteiger charge is -2.14. The minimum absolute atomic E-state index is 0.137. The van der Waals surface area contributed by atoms with Gasteiger partial charge in [0.2, 0.25) is 0 Å². The topological polar surface area (TPSA) is 47.3 Å². The maximum atomic E-state index is 6.04.